The van der Waals surface area contributed by atoms with Crippen LogP contribution in [0.3, 0.4) is 0 Å². The molecular formula is C25H29N7O. The van der Waals surface area contributed by atoms with Crippen LogP contribution < -0.4 is 10.2 Å². The van der Waals surface area contributed by atoms with Crippen LogP contribution in [0.2, 0.25) is 0 Å². The highest BCUT2D eigenvalue weighted by Crippen LogP contribution is 2.36. The summed E-state index contributed by atoms with van der Waals surface area (Å²) in [4.78, 5) is 23.7. The lowest BCUT2D eigenvalue weighted by Gasteiger charge is -2.43. The Labute approximate surface area is 193 Å². The van der Waals surface area contributed by atoms with Crippen molar-refractivity contribution in [3.05, 3.63) is 65.6 Å². The lowest BCUT2D eigenvalue weighted by molar-refractivity contribution is -0.121. The van der Waals surface area contributed by atoms with E-state index in [0.717, 1.165) is 65.7 Å². The molecule has 33 heavy (non-hydrogen) atoms. The van der Waals surface area contributed by atoms with E-state index < -0.39 is 0 Å². The van der Waals surface area contributed by atoms with E-state index in [2.05, 4.69) is 34.3 Å². The number of imidazole rings is 1. The molecule has 1 fully saturated rings. The molecule has 8 nitrogen and oxygen atoms in total. The van der Waals surface area contributed by atoms with Crippen molar-refractivity contribution in [3.8, 4) is 11.5 Å². The Balaban J connectivity index is 1.52. The van der Waals surface area contributed by atoms with Crippen molar-refractivity contribution in [1.82, 2.24) is 29.5 Å². The summed E-state index contributed by atoms with van der Waals surface area (Å²) in [7, 11) is 1.97. The molecule has 1 saturated heterocycles. The molecule has 1 N–H and O–H groups in total. The third-order valence-electron chi connectivity index (χ3n) is 6.76. The fourth-order valence-corrected chi connectivity index (χ4v) is 4.96. The van der Waals surface area contributed by atoms with Crippen molar-refractivity contribution in [3.63, 3.8) is 0 Å². The van der Waals surface area contributed by atoms with Gasteiger partial charge in [0.1, 0.15) is 11.5 Å². The van der Waals surface area contributed by atoms with E-state index in [0.29, 0.717) is 0 Å². The molecule has 8 heteroatoms. The van der Waals surface area contributed by atoms with E-state index in [4.69, 9.17) is 10.1 Å². The lowest BCUT2D eigenvalue weighted by Crippen LogP contribution is -2.53. The van der Waals surface area contributed by atoms with Gasteiger partial charge >= 0.3 is 0 Å². The van der Waals surface area contributed by atoms with Gasteiger partial charge in [-0.2, -0.15) is 9.61 Å². The summed E-state index contributed by atoms with van der Waals surface area (Å²) in [6.45, 7) is 7.34. The molecule has 0 bridgehead atoms. The summed E-state index contributed by atoms with van der Waals surface area (Å²) in [5.41, 5.74) is 4.52. The first-order valence-corrected chi connectivity index (χ1v) is 11.3. The Morgan fingerprint density at radius 2 is 1.85 bits per heavy atom. The first-order chi connectivity index (χ1) is 15.9. The maximum Gasteiger partial charge on any atom is 0.217 e. The SMILES string of the molecule is CC(=O)NC1(c2ccccc2)CCN(c2c(C)c(C)nc3cc(-c4nccn4C)nn23)CC1. The fraction of sp³-hybridized carbons (Fsp3) is 0.360. The Bertz CT molecular complexity index is 1310. The molecule has 5 rings (SSSR count). The molecule has 1 aliphatic heterocycles. The van der Waals surface area contributed by atoms with Crippen LogP contribution in [0.25, 0.3) is 17.2 Å². The van der Waals surface area contributed by atoms with Crippen molar-refractivity contribution in [2.75, 3.05) is 18.0 Å². The van der Waals surface area contributed by atoms with Crippen molar-refractivity contribution in [2.24, 2.45) is 7.05 Å². The van der Waals surface area contributed by atoms with Gasteiger partial charge < -0.3 is 14.8 Å². The first kappa shape index (κ1) is 21.2. The number of carbonyl (C=O) groups excluding carboxylic acids is 1. The van der Waals surface area contributed by atoms with Crippen LogP contribution >= 0.6 is 0 Å². The van der Waals surface area contributed by atoms with E-state index >= 15 is 0 Å². The normalized spacial score (nSPS) is 15.7. The number of hydrogen-bond donors (Lipinski definition) is 1. The molecule has 0 spiro atoms. The van der Waals surface area contributed by atoms with Crippen LogP contribution in [-0.2, 0) is 17.4 Å². The van der Waals surface area contributed by atoms with Gasteiger partial charge in [0, 0.05) is 56.8 Å². The highest BCUT2D eigenvalue weighted by atomic mass is 16.1. The zero-order chi connectivity index (χ0) is 23.2. The third kappa shape index (κ3) is 3.65. The highest BCUT2D eigenvalue weighted by Gasteiger charge is 2.38. The summed E-state index contributed by atoms with van der Waals surface area (Å²) in [5.74, 6) is 1.87. The zero-order valence-electron chi connectivity index (χ0n) is 19.5. The van der Waals surface area contributed by atoms with Gasteiger partial charge in [0.25, 0.3) is 0 Å². The maximum absolute atomic E-state index is 12.1. The fourth-order valence-electron chi connectivity index (χ4n) is 4.96. The molecule has 1 aromatic carbocycles. The van der Waals surface area contributed by atoms with Gasteiger partial charge in [0.15, 0.2) is 11.5 Å². The molecular weight excluding hydrogens is 414 g/mol. The Hall–Kier alpha value is -3.68. The minimum atomic E-state index is -0.360. The van der Waals surface area contributed by atoms with Crippen molar-refractivity contribution in [1.29, 1.82) is 0 Å². The number of rotatable bonds is 4. The molecule has 1 amide bonds. The standard InChI is InChI=1S/C25H29N7O/c1-17-18(2)27-22-16-21(23-26-12-15-30(23)4)29-32(22)24(17)31-13-10-25(11-14-31,28-19(3)33)20-8-6-5-7-9-20/h5-9,12,15-16H,10-11,13-14H2,1-4H3,(H,28,33). The maximum atomic E-state index is 12.1. The molecule has 0 atom stereocenters. The molecule has 0 unspecified atom stereocenters. The monoisotopic (exact) mass is 443 g/mol. The van der Waals surface area contributed by atoms with Crippen molar-refractivity contribution in [2.45, 2.75) is 39.2 Å². The predicted octanol–water partition coefficient (Wildman–Crippen LogP) is 3.38. The second-order valence-corrected chi connectivity index (χ2v) is 8.92. The summed E-state index contributed by atoms with van der Waals surface area (Å²) < 4.78 is 3.91. The summed E-state index contributed by atoms with van der Waals surface area (Å²) in [6, 6.07) is 12.3. The van der Waals surface area contributed by atoms with E-state index in [1.54, 1.807) is 13.1 Å². The summed E-state index contributed by atoms with van der Waals surface area (Å²) in [6.07, 6.45) is 5.32. The van der Waals surface area contributed by atoms with Crippen molar-refractivity contribution >= 4 is 17.4 Å². The number of benzene rings is 1. The number of nitrogens with zero attached hydrogens (tertiary/aromatic N) is 6. The number of hydrogen-bond acceptors (Lipinski definition) is 5. The molecule has 1 aliphatic rings. The molecule has 3 aromatic heterocycles. The smallest absolute Gasteiger partial charge is 0.217 e. The Morgan fingerprint density at radius 1 is 1.12 bits per heavy atom. The quantitative estimate of drug-likeness (QED) is 0.523. The van der Waals surface area contributed by atoms with Crippen LogP contribution in [0.15, 0.2) is 48.8 Å². The number of nitrogens with one attached hydrogen (secondary N) is 1. The minimum absolute atomic E-state index is 0.00239. The first-order valence-electron chi connectivity index (χ1n) is 11.3. The zero-order valence-corrected chi connectivity index (χ0v) is 19.5. The minimum Gasteiger partial charge on any atom is -0.356 e. The lowest BCUT2D eigenvalue weighted by atomic mass is 9.80. The van der Waals surface area contributed by atoms with Gasteiger partial charge in [-0.25, -0.2) is 9.97 Å². The van der Waals surface area contributed by atoms with Gasteiger partial charge in [-0.1, -0.05) is 30.3 Å². The number of anilines is 1. The average Bonchev–Trinajstić information content (AvgIpc) is 3.41. The molecule has 0 aliphatic carbocycles. The van der Waals surface area contributed by atoms with Gasteiger partial charge in [0.05, 0.1) is 5.54 Å². The largest absolute Gasteiger partial charge is 0.356 e. The van der Waals surface area contributed by atoms with E-state index in [1.807, 2.05) is 53.5 Å². The van der Waals surface area contributed by atoms with Crippen LogP contribution in [0.4, 0.5) is 5.82 Å². The van der Waals surface area contributed by atoms with Crippen LogP contribution in [0, 0.1) is 13.8 Å². The number of fused-ring (bicyclic) bond motifs is 1. The molecule has 170 valence electrons. The number of amides is 1. The Kier molecular flexibility index (Phi) is 5.15. The summed E-state index contributed by atoms with van der Waals surface area (Å²) >= 11 is 0. The predicted molar refractivity (Wildman–Crippen MR) is 128 cm³/mol. The van der Waals surface area contributed by atoms with E-state index in [1.165, 1.54) is 0 Å². The van der Waals surface area contributed by atoms with Gasteiger partial charge in [-0.05, 0) is 32.3 Å². The second kappa shape index (κ2) is 8.03. The van der Waals surface area contributed by atoms with Crippen LogP contribution in [0.5, 0.6) is 0 Å². The number of carbonyl (C=O) groups is 1. The number of aryl methyl sites for hydroxylation is 2. The molecule has 0 radical (unpaired) electrons. The van der Waals surface area contributed by atoms with Gasteiger partial charge in [-0.15, -0.1) is 0 Å². The van der Waals surface area contributed by atoms with E-state index in [9.17, 15) is 4.79 Å². The van der Waals surface area contributed by atoms with Crippen LogP contribution in [0.1, 0.15) is 36.6 Å². The van der Waals surface area contributed by atoms with Crippen LogP contribution in [-0.4, -0.2) is 43.1 Å². The molecule has 4 aromatic rings. The van der Waals surface area contributed by atoms with Crippen molar-refractivity contribution < 1.29 is 4.79 Å². The number of piperidine rings is 1. The topological polar surface area (TPSA) is 80.3 Å². The van der Waals surface area contributed by atoms with Gasteiger partial charge in [-0.3, -0.25) is 4.79 Å². The average molecular weight is 444 g/mol. The highest BCUT2D eigenvalue weighted by molar-refractivity contribution is 5.74. The Morgan fingerprint density at radius 3 is 2.48 bits per heavy atom. The summed E-state index contributed by atoms with van der Waals surface area (Å²) in [5, 5.41) is 8.16. The van der Waals surface area contributed by atoms with Gasteiger partial charge in [0.2, 0.25) is 5.91 Å². The third-order valence-corrected chi connectivity index (χ3v) is 6.76. The second-order valence-electron chi connectivity index (χ2n) is 8.92. The van der Waals surface area contributed by atoms with E-state index in [-0.39, 0.29) is 11.4 Å². The number of aromatic nitrogens is 5. The molecule has 0 saturated carbocycles. The molecule has 4 heterocycles.